The second kappa shape index (κ2) is 5.88. The fraction of sp³-hybridized carbons (Fsp3) is 0.769. The Balaban J connectivity index is 1.89. The van der Waals surface area contributed by atoms with Crippen LogP contribution >= 0.6 is 0 Å². The highest BCUT2D eigenvalue weighted by Gasteiger charge is 2.26. The molecule has 1 heterocycles. The topological polar surface area (TPSA) is 93.2 Å². The molecule has 0 spiro atoms. The zero-order chi connectivity index (χ0) is 14.9. The van der Waals surface area contributed by atoms with Gasteiger partial charge in [-0.3, -0.25) is 14.8 Å². The first-order chi connectivity index (χ1) is 9.38. The summed E-state index contributed by atoms with van der Waals surface area (Å²) in [5.41, 5.74) is 0.919. The predicted octanol–water partition coefficient (Wildman–Crippen LogP) is 1.16. The van der Waals surface area contributed by atoms with Gasteiger partial charge in [-0.15, -0.1) is 0 Å². The Bertz CT molecular complexity index is 494. The van der Waals surface area contributed by atoms with E-state index in [1.54, 1.807) is 13.8 Å². The molecule has 0 amide bonds. The zero-order valence-corrected chi connectivity index (χ0v) is 12.2. The molecular formula is C13H22N4O3. The Morgan fingerprint density at radius 2 is 2.20 bits per heavy atom. The molecule has 7 heteroatoms. The van der Waals surface area contributed by atoms with Crippen molar-refractivity contribution in [2.24, 2.45) is 5.92 Å². The van der Waals surface area contributed by atoms with Crippen molar-refractivity contribution < 1.29 is 10.0 Å². The molecule has 1 saturated carbocycles. The maximum Gasteiger partial charge on any atom is 0.312 e. The summed E-state index contributed by atoms with van der Waals surface area (Å²) in [7, 11) is 0. The molecule has 20 heavy (non-hydrogen) atoms. The zero-order valence-electron chi connectivity index (χ0n) is 12.2. The number of aryl methyl sites for hydroxylation is 1. The van der Waals surface area contributed by atoms with E-state index in [0.717, 1.165) is 18.8 Å². The number of nitro groups is 1. The summed E-state index contributed by atoms with van der Waals surface area (Å²) in [5.74, 6) is 0.767. The monoisotopic (exact) mass is 282 g/mol. The minimum Gasteiger partial charge on any atom is -0.390 e. The highest BCUT2D eigenvalue weighted by Crippen LogP contribution is 2.26. The van der Waals surface area contributed by atoms with Crippen LogP contribution in [-0.2, 0) is 6.54 Å². The third-order valence-electron chi connectivity index (χ3n) is 3.93. The van der Waals surface area contributed by atoms with Crippen LogP contribution in [0.4, 0.5) is 5.69 Å². The molecule has 0 aromatic carbocycles. The van der Waals surface area contributed by atoms with Gasteiger partial charge in [-0.1, -0.05) is 6.92 Å². The first-order valence-corrected chi connectivity index (χ1v) is 6.98. The van der Waals surface area contributed by atoms with E-state index in [1.807, 2.05) is 0 Å². The lowest BCUT2D eigenvalue weighted by Crippen LogP contribution is -2.44. The quantitative estimate of drug-likeness (QED) is 0.603. The van der Waals surface area contributed by atoms with Crippen molar-refractivity contribution in [1.29, 1.82) is 0 Å². The van der Waals surface area contributed by atoms with Crippen LogP contribution in [0.25, 0.3) is 0 Å². The molecule has 1 aliphatic carbocycles. The van der Waals surface area contributed by atoms with Crippen LogP contribution in [0.2, 0.25) is 0 Å². The van der Waals surface area contributed by atoms with Gasteiger partial charge in [0.25, 0.3) is 0 Å². The molecule has 0 aliphatic heterocycles. The van der Waals surface area contributed by atoms with E-state index in [9.17, 15) is 15.2 Å². The lowest BCUT2D eigenvalue weighted by Gasteiger charge is -2.34. The van der Waals surface area contributed by atoms with E-state index in [2.05, 4.69) is 17.3 Å². The standard InChI is InChI=1S/C13H22N4O3/c1-8-4-11(5-8)14-6-12(18)7-16-10(3)13(17(19)20)9(2)15-16/h8,11-12,14,18H,4-7H2,1-3H3. The summed E-state index contributed by atoms with van der Waals surface area (Å²) in [6, 6.07) is 0.495. The molecule has 1 aromatic rings. The number of aliphatic hydroxyl groups is 1. The Morgan fingerprint density at radius 3 is 2.70 bits per heavy atom. The number of aromatic nitrogens is 2. The Kier molecular flexibility index (Phi) is 4.39. The summed E-state index contributed by atoms with van der Waals surface area (Å²) in [4.78, 5) is 10.5. The van der Waals surface area contributed by atoms with Crippen LogP contribution < -0.4 is 5.32 Å². The van der Waals surface area contributed by atoms with E-state index >= 15 is 0 Å². The van der Waals surface area contributed by atoms with Gasteiger partial charge < -0.3 is 10.4 Å². The van der Waals surface area contributed by atoms with Gasteiger partial charge in [0.1, 0.15) is 11.4 Å². The largest absolute Gasteiger partial charge is 0.390 e. The molecule has 1 atom stereocenters. The van der Waals surface area contributed by atoms with E-state index < -0.39 is 11.0 Å². The molecule has 0 bridgehead atoms. The van der Waals surface area contributed by atoms with Crippen LogP contribution in [0, 0.1) is 29.9 Å². The minimum absolute atomic E-state index is 0.0398. The van der Waals surface area contributed by atoms with Crippen molar-refractivity contribution in [3.63, 3.8) is 0 Å². The fourth-order valence-corrected chi connectivity index (χ4v) is 2.77. The molecule has 1 aromatic heterocycles. The summed E-state index contributed by atoms with van der Waals surface area (Å²) in [5, 5.41) is 28.4. The second-order valence-electron chi connectivity index (χ2n) is 5.79. The average molecular weight is 282 g/mol. The van der Waals surface area contributed by atoms with Gasteiger partial charge in [-0.2, -0.15) is 5.10 Å². The normalized spacial score (nSPS) is 23.4. The van der Waals surface area contributed by atoms with Gasteiger partial charge in [-0.05, 0) is 32.6 Å². The van der Waals surface area contributed by atoms with Crippen LogP contribution in [0.15, 0.2) is 0 Å². The van der Waals surface area contributed by atoms with Gasteiger partial charge in [0.2, 0.25) is 0 Å². The highest BCUT2D eigenvalue weighted by molar-refractivity contribution is 5.39. The summed E-state index contributed by atoms with van der Waals surface area (Å²) in [6.07, 6.45) is 1.71. The molecule has 0 radical (unpaired) electrons. The van der Waals surface area contributed by atoms with Crippen molar-refractivity contribution in [3.8, 4) is 0 Å². The fourth-order valence-electron chi connectivity index (χ4n) is 2.77. The van der Waals surface area contributed by atoms with Crippen molar-refractivity contribution in [1.82, 2.24) is 15.1 Å². The molecule has 1 aliphatic rings. The molecule has 0 saturated heterocycles. The first kappa shape index (κ1) is 14.9. The lowest BCUT2D eigenvalue weighted by molar-refractivity contribution is -0.386. The molecule has 112 valence electrons. The van der Waals surface area contributed by atoms with Gasteiger partial charge in [-0.25, -0.2) is 0 Å². The second-order valence-corrected chi connectivity index (χ2v) is 5.79. The van der Waals surface area contributed by atoms with Crippen molar-refractivity contribution >= 4 is 5.69 Å². The highest BCUT2D eigenvalue weighted by atomic mass is 16.6. The summed E-state index contributed by atoms with van der Waals surface area (Å²) in [6.45, 7) is 6.25. The summed E-state index contributed by atoms with van der Waals surface area (Å²) < 4.78 is 1.52. The number of nitrogens with zero attached hydrogens (tertiary/aromatic N) is 3. The lowest BCUT2D eigenvalue weighted by atomic mass is 9.82. The predicted molar refractivity (Wildman–Crippen MR) is 74.6 cm³/mol. The Morgan fingerprint density at radius 1 is 1.55 bits per heavy atom. The molecule has 2 rings (SSSR count). The smallest absolute Gasteiger partial charge is 0.312 e. The van der Waals surface area contributed by atoms with Crippen LogP contribution in [0.3, 0.4) is 0 Å². The van der Waals surface area contributed by atoms with Crippen LogP contribution in [-0.4, -0.2) is 38.5 Å². The van der Waals surface area contributed by atoms with E-state index in [-0.39, 0.29) is 12.2 Å². The number of hydrogen-bond acceptors (Lipinski definition) is 5. The molecule has 1 unspecified atom stereocenters. The van der Waals surface area contributed by atoms with Crippen LogP contribution in [0.5, 0.6) is 0 Å². The Labute approximate surface area is 118 Å². The van der Waals surface area contributed by atoms with Gasteiger partial charge >= 0.3 is 5.69 Å². The third-order valence-corrected chi connectivity index (χ3v) is 3.93. The van der Waals surface area contributed by atoms with Gasteiger partial charge in [0, 0.05) is 12.6 Å². The first-order valence-electron chi connectivity index (χ1n) is 6.98. The molecule has 7 nitrogen and oxygen atoms in total. The average Bonchev–Trinajstić information content (AvgIpc) is 2.58. The molecule has 1 fully saturated rings. The van der Waals surface area contributed by atoms with Crippen molar-refractivity contribution in [2.45, 2.75) is 52.3 Å². The summed E-state index contributed by atoms with van der Waals surface area (Å²) >= 11 is 0. The maximum atomic E-state index is 10.9. The number of hydrogen-bond donors (Lipinski definition) is 2. The minimum atomic E-state index is -0.594. The van der Waals surface area contributed by atoms with E-state index in [4.69, 9.17) is 0 Å². The van der Waals surface area contributed by atoms with Crippen molar-refractivity contribution in [3.05, 3.63) is 21.5 Å². The van der Waals surface area contributed by atoms with E-state index in [1.165, 1.54) is 4.68 Å². The third kappa shape index (κ3) is 3.16. The van der Waals surface area contributed by atoms with Gasteiger partial charge in [0.05, 0.1) is 17.6 Å². The molecule has 2 N–H and O–H groups in total. The molecular weight excluding hydrogens is 260 g/mol. The maximum absolute atomic E-state index is 10.9. The van der Waals surface area contributed by atoms with E-state index in [0.29, 0.717) is 24.0 Å². The number of aliphatic hydroxyl groups excluding tert-OH is 1. The van der Waals surface area contributed by atoms with Crippen LogP contribution in [0.1, 0.15) is 31.2 Å². The Hall–Kier alpha value is -1.47. The van der Waals surface area contributed by atoms with Gasteiger partial charge in [0.15, 0.2) is 0 Å². The number of nitrogens with one attached hydrogen (secondary N) is 1. The van der Waals surface area contributed by atoms with Crippen molar-refractivity contribution in [2.75, 3.05) is 6.54 Å². The number of rotatable bonds is 6. The SMILES string of the molecule is Cc1nn(CC(O)CNC2CC(C)C2)c(C)c1[N+](=O)[O-].